The summed E-state index contributed by atoms with van der Waals surface area (Å²) in [7, 11) is 0. The molecule has 1 spiro atoms. The molecule has 0 unspecified atom stereocenters. The van der Waals surface area contributed by atoms with Crippen LogP contribution in [0.15, 0.2) is 206 Å². The van der Waals surface area contributed by atoms with Crippen LogP contribution in [0.1, 0.15) is 22.3 Å². The Hall–Kier alpha value is -7.42. The van der Waals surface area contributed by atoms with Crippen LogP contribution < -0.4 is 0 Å². The molecule has 0 saturated heterocycles. The van der Waals surface area contributed by atoms with Crippen LogP contribution in [0.5, 0.6) is 0 Å². The summed E-state index contributed by atoms with van der Waals surface area (Å²) in [6.45, 7) is 0. The van der Waals surface area contributed by atoms with Crippen molar-refractivity contribution in [3.63, 3.8) is 0 Å². The molecule has 0 bridgehead atoms. The van der Waals surface area contributed by atoms with Crippen molar-refractivity contribution in [3.05, 3.63) is 229 Å². The van der Waals surface area contributed by atoms with Gasteiger partial charge in [-0.15, -0.1) is 0 Å². The Morgan fingerprint density at radius 1 is 0.316 bits per heavy atom. The molecule has 264 valence electrons. The summed E-state index contributed by atoms with van der Waals surface area (Å²) < 4.78 is 0. The number of hydrogen-bond acceptors (Lipinski definition) is 2. The van der Waals surface area contributed by atoms with E-state index in [1.807, 2.05) is 30.5 Å². The van der Waals surface area contributed by atoms with Gasteiger partial charge in [0.05, 0.1) is 22.3 Å². The van der Waals surface area contributed by atoms with Crippen molar-refractivity contribution in [2.75, 3.05) is 0 Å². The second-order valence-electron chi connectivity index (χ2n) is 15.3. The SMILES string of the molecule is c1ccc(-c2cc(-c3ccc(-c4ccc5cc(-c6ccc7c(c6)C6(c8ccccc8-c8ccccc86)c6ccccc6-7)ccc5c4)cc3)c3ccccc3n2)nc1. The minimum Gasteiger partial charge on any atom is -0.255 e. The molecule has 0 fully saturated rings. The molecular weight excluding hydrogens is 689 g/mol. The van der Waals surface area contributed by atoms with E-state index in [9.17, 15) is 0 Å². The highest BCUT2D eigenvalue weighted by Gasteiger charge is 2.51. The minimum absolute atomic E-state index is 0.345. The number of fused-ring (bicyclic) bond motifs is 12. The van der Waals surface area contributed by atoms with E-state index in [0.717, 1.165) is 33.4 Å². The first-order chi connectivity index (χ1) is 28.2. The lowest BCUT2D eigenvalue weighted by Crippen LogP contribution is -2.25. The molecule has 2 aliphatic carbocycles. The van der Waals surface area contributed by atoms with Crippen molar-refractivity contribution >= 4 is 21.7 Å². The monoisotopic (exact) mass is 722 g/mol. The summed E-state index contributed by atoms with van der Waals surface area (Å²) >= 11 is 0. The van der Waals surface area contributed by atoms with Crippen molar-refractivity contribution in [3.8, 4) is 67.0 Å². The van der Waals surface area contributed by atoms with Gasteiger partial charge in [-0.1, -0.05) is 158 Å². The highest BCUT2D eigenvalue weighted by atomic mass is 14.8. The predicted molar refractivity (Wildman–Crippen MR) is 235 cm³/mol. The number of aromatic nitrogens is 2. The fraction of sp³-hybridized carbons (Fsp3) is 0.0182. The molecule has 0 aliphatic heterocycles. The second kappa shape index (κ2) is 12.3. The fourth-order valence-electron chi connectivity index (χ4n) is 9.78. The van der Waals surface area contributed by atoms with Gasteiger partial charge in [-0.2, -0.15) is 0 Å². The van der Waals surface area contributed by atoms with Crippen molar-refractivity contribution in [2.24, 2.45) is 0 Å². The average molecular weight is 723 g/mol. The lowest BCUT2D eigenvalue weighted by molar-refractivity contribution is 0.794. The summed E-state index contributed by atoms with van der Waals surface area (Å²) in [6.07, 6.45) is 1.82. The maximum Gasteiger partial charge on any atom is 0.0900 e. The first-order valence-electron chi connectivity index (χ1n) is 19.6. The van der Waals surface area contributed by atoms with Gasteiger partial charge in [0.2, 0.25) is 0 Å². The van der Waals surface area contributed by atoms with Crippen LogP contribution in [0.2, 0.25) is 0 Å². The van der Waals surface area contributed by atoms with Gasteiger partial charge >= 0.3 is 0 Å². The Balaban J connectivity index is 0.911. The largest absolute Gasteiger partial charge is 0.255 e. The molecule has 2 aliphatic rings. The second-order valence-corrected chi connectivity index (χ2v) is 15.3. The van der Waals surface area contributed by atoms with Gasteiger partial charge in [0.15, 0.2) is 0 Å². The third-order valence-corrected chi connectivity index (χ3v) is 12.3. The molecule has 2 heterocycles. The van der Waals surface area contributed by atoms with Gasteiger partial charge in [-0.3, -0.25) is 4.98 Å². The van der Waals surface area contributed by atoms with Crippen LogP contribution in [0.3, 0.4) is 0 Å². The molecule has 0 N–H and O–H groups in total. The normalized spacial score (nSPS) is 13.1. The van der Waals surface area contributed by atoms with Gasteiger partial charge < -0.3 is 0 Å². The van der Waals surface area contributed by atoms with Crippen LogP contribution in [0, 0.1) is 0 Å². The van der Waals surface area contributed by atoms with Gasteiger partial charge in [-0.25, -0.2) is 4.98 Å². The first kappa shape index (κ1) is 31.9. The Bertz CT molecular complexity index is 3170. The van der Waals surface area contributed by atoms with E-state index in [-0.39, 0.29) is 5.41 Å². The maximum atomic E-state index is 4.95. The molecule has 0 atom stereocenters. The quantitative estimate of drug-likeness (QED) is 0.181. The van der Waals surface area contributed by atoms with Gasteiger partial charge in [-0.05, 0) is 131 Å². The predicted octanol–water partition coefficient (Wildman–Crippen LogP) is 13.8. The van der Waals surface area contributed by atoms with Crippen LogP contribution in [0.4, 0.5) is 0 Å². The molecule has 0 radical (unpaired) electrons. The van der Waals surface area contributed by atoms with E-state index in [1.165, 1.54) is 77.5 Å². The summed E-state index contributed by atoms with van der Waals surface area (Å²) in [5.41, 5.74) is 20.3. The van der Waals surface area contributed by atoms with E-state index in [1.54, 1.807) is 0 Å². The molecule has 2 heteroatoms. The Kier molecular flexibility index (Phi) is 6.88. The molecule has 8 aromatic carbocycles. The number of rotatable bonds is 4. The fourth-order valence-corrected chi connectivity index (χ4v) is 9.78. The van der Waals surface area contributed by atoms with Crippen LogP contribution in [-0.4, -0.2) is 9.97 Å². The van der Waals surface area contributed by atoms with Gasteiger partial charge in [0.1, 0.15) is 0 Å². The van der Waals surface area contributed by atoms with Gasteiger partial charge in [0, 0.05) is 11.6 Å². The highest BCUT2D eigenvalue weighted by Crippen LogP contribution is 2.63. The lowest BCUT2D eigenvalue weighted by atomic mass is 9.70. The zero-order valence-corrected chi connectivity index (χ0v) is 31.0. The lowest BCUT2D eigenvalue weighted by Gasteiger charge is -2.30. The molecule has 57 heavy (non-hydrogen) atoms. The van der Waals surface area contributed by atoms with E-state index >= 15 is 0 Å². The topological polar surface area (TPSA) is 25.8 Å². The summed E-state index contributed by atoms with van der Waals surface area (Å²) in [4.78, 5) is 9.53. The van der Waals surface area contributed by atoms with Crippen LogP contribution >= 0.6 is 0 Å². The maximum absolute atomic E-state index is 4.95. The summed E-state index contributed by atoms with van der Waals surface area (Å²) in [6, 6.07) is 73.3. The number of benzene rings is 8. The Labute approximate surface area is 331 Å². The smallest absolute Gasteiger partial charge is 0.0900 e. The Morgan fingerprint density at radius 3 is 1.47 bits per heavy atom. The van der Waals surface area contributed by atoms with Crippen molar-refractivity contribution in [1.29, 1.82) is 0 Å². The van der Waals surface area contributed by atoms with Crippen molar-refractivity contribution in [2.45, 2.75) is 5.41 Å². The number of nitrogens with zero attached hydrogens (tertiary/aromatic N) is 2. The molecule has 2 nitrogen and oxygen atoms in total. The number of pyridine rings is 2. The third kappa shape index (κ3) is 4.71. The zero-order chi connectivity index (χ0) is 37.5. The highest BCUT2D eigenvalue weighted by molar-refractivity contribution is 5.99. The molecule has 10 aromatic rings. The van der Waals surface area contributed by atoms with Crippen molar-refractivity contribution in [1.82, 2.24) is 9.97 Å². The Morgan fingerprint density at radius 2 is 0.825 bits per heavy atom. The third-order valence-electron chi connectivity index (χ3n) is 12.3. The zero-order valence-electron chi connectivity index (χ0n) is 31.0. The minimum atomic E-state index is -0.345. The summed E-state index contributed by atoms with van der Waals surface area (Å²) in [5, 5.41) is 3.59. The first-order valence-corrected chi connectivity index (χ1v) is 19.6. The molecule has 0 amide bonds. The van der Waals surface area contributed by atoms with Gasteiger partial charge in [0.25, 0.3) is 0 Å². The molecule has 2 aromatic heterocycles. The van der Waals surface area contributed by atoms with Crippen LogP contribution in [0.25, 0.3) is 88.7 Å². The average Bonchev–Trinajstić information content (AvgIpc) is 3.76. The van der Waals surface area contributed by atoms with E-state index in [0.29, 0.717) is 0 Å². The van der Waals surface area contributed by atoms with E-state index < -0.39 is 0 Å². The molecule has 0 saturated carbocycles. The molecule has 12 rings (SSSR count). The number of para-hydroxylation sites is 1. The summed E-state index contributed by atoms with van der Waals surface area (Å²) in [5.74, 6) is 0. The number of hydrogen-bond donors (Lipinski definition) is 0. The van der Waals surface area contributed by atoms with E-state index in [2.05, 4.69) is 181 Å². The van der Waals surface area contributed by atoms with Crippen molar-refractivity contribution < 1.29 is 0 Å². The standard InChI is InChI=1S/C55H34N2/c1-5-15-48-42(11-1)43-12-2-6-16-49(43)55(48)50-17-7-3-13-44(50)45-29-28-41(33-51(45)55)40-27-26-38-31-37(24-25-39(38)32-40)35-20-22-36(23-21-35)47-34-54(53-19-9-10-30-56-53)57-52-18-8-4-14-46(47)52/h1-34H. The van der Waals surface area contributed by atoms with Crippen LogP contribution in [-0.2, 0) is 5.41 Å². The molecular formula is C55H34N2. The van der Waals surface area contributed by atoms with E-state index in [4.69, 9.17) is 4.98 Å².